The normalized spacial score (nSPS) is 25.2. The van der Waals surface area contributed by atoms with E-state index in [0.717, 1.165) is 11.1 Å². The summed E-state index contributed by atoms with van der Waals surface area (Å²) >= 11 is 0. The van der Waals surface area contributed by atoms with Crippen LogP contribution in [0.4, 0.5) is 0 Å². The Labute approximate surface area is 249 Å². The first kappa shape index (κ1) is 30.3. The molecule has 4 unspecified atom stereocenters. The number of fused-ring (bicyclic) bond motifs is 3. The number of hydrogen-bond donors (Lipinski definition) is 6. The molecule has 43 heavy (non-hydrogen) atoms. The molecule has 11 heteroatoms. The standard InChI is InChI=1S/C32H37N3O8/c1-14(2)34-13-15-6-9-22(43-5)18(10-15)17-7-8-21(36)24-19(17)11-16-12-20-26(35(3)4)28(38)25(31(33)41)30(40)32(20,42)29(39)23(16)27(24)37/h6-10,14,16,20,26,34,36-37,40,42H,11-13H2,1-5H3,(H2,33,41). The average molecular weight is 592 g/mol. The summed E-state index contributed by atoms with van der Waals surface area (Å²) in [6, 6.07) is 8.03. The molecule has 3 aliphatic carbocycles. The van der Waals surface area contributed by atoms with Gasteiger partial charge in [-0.05, 0) is 67.7 Å². The Morgan fingerprint density at radius 1 is 1.14 bits per heavy atom. The number of aliphatic hydroxyl groups is 3. The summed E-state index contributed by atoms with van der Waals surface area (Å²) in [5.41, 5.74) is 4.66. The van der Waals surface area contributed by atoms with Crippen LogP contribution in [0.1, 0.15) is 37.0 Å². The van der Waals surface area contributed by atoms with Gasteiger partial charge in [-0.1, -0.05) is 26.0 Å². The van der Waals surface area contributed by atoms with Gasteiger partial charge in [-0.25, -0.2) is 0 Å². The van der Waals surface area contributed by atoms with Gasteiger partial charge in [-0.15, -0.1) is 0 Å². The maximum Gasteiger partial charge on any atom is 0.255 e. The van der Waals surface area contributed by atoms with Crippen LogP contribution in [0, 0.1) is 11.8 Å². The van der Waals surface area contributed by atoms with Crippen LogP contribution in [0.5, 0.6) is 11.5 Å². The molecular weight excluding hydrogens is 554 g/mol. The fraction of sp³-hybridized carbons (Fsp3) is 0.406. The number of hydrogen-bond acceptors (Lipinski definition) is 10. The molecule has 228 valence electrons. The molecule has 0 aliphatic heterocycles. The smallest absolute Gasteiger partial charge is 0.255 e. The molecule has 5 rings (SSSR count). The highest BCUT2D eigenvalue weighted by Gasteiger charge is 2.64. The number of rotatable bonds is 7. The molecule has 4 atom stereocenters. The van der Waals surface area contributed by atoms with Crippen molar-refractivity contribution in [3.8, 4) is 22.6 Å². The number of nitrogens with two attached hydrogens (primary N) is 1. The lowest BCUT2D eigenvalue weighted by atomic mass is 9.57. The molecule has 1 fully saturated rings. The highest BCUT2D eigenvalue weighted by molar-refractivity contribution is 6.24. The number of benzene rings is 2. The van der Waals surface area contributed by atoms with Crippen LogP contribution in [0.3, 0.4) is 0 Å². The number of aliphatic hydroxyl groups excluding tert-OH is 2. The van der Waals surface area contributed by atoms with Crippen LogP contribution >= 0.6 is 0 Å². The molecule has 0 radical (unpaired) electrons. The second-order valence-corrected chi connectivity index (χ2v) is 12.0. The molecule has 11 nitrogen and oxygen atoms in total. The highest BCUT2D eigenvalue weighted by Crippen LogP contribution is 2.54. The average Bonchev–Trinajstić information content (AvgIpc) is 2.93. The number of likely N-dealkylation sites (N-methyl/N-ethyl adjacent to an activating group) is 1. The van der Waals surface area contributed by atoms with Crippen molar-refractivity contribution in [1.82, 2.24) is 10.2 Å². The molecule has 0 aromatic heterocycles. The molecule has 1 amide bonds. The van der Waals surface area contributed by atoms with Crippen LogP contribution in [0.15, 0.2) is 47.2 Å². The van der Waals surface area contributed by atoms with Gasteiger partial charge in [0.05, 0.1) is 18.7 Å². The number of carbonyl (C=O) groups is 3. The molecule has 2 aromatic carbocycles. The third-order valence-corrected chi connectivity index (χ3v) is 8.87. The largest absolute Gasteiger partial charge is 0.508 e. The van der Waals surface area contributed by atoms with Crippen LogP contribution < -0.4 is 15.8 Å². The van der Waals surface area contributed by atoms with Gasteiger partial charge in [0.15, 0.2) is 11.4 Å². The van der Waals surface area contributed by atoms with Gasteiger partial charge in [0.1, 0.15) is 28.6 Å². The first-order chi connectivity index (χ1) is 20.2. The van der Waals surface area contributed by atoms with Gasteiger partial charge < -0.3 is 36.2 Å². The van der Waals surface area contributed by atoms with Crippen LogP contribution in [0.2, 0.25) is 0 Å². The van der Waals surface area contributed by atoms with E-state index < -0.39 is 58.0 Å². The summed E-state index contributed by atoms with van der Waals surface area (Å²) in [7, 11) is 4.68. The van der Waals surface area contributed by atoms with E-state index in [-0.39, 0.29) is 35.8 Å². The Bertz CT molecular complexity index is 1610. The minimum atomic E-state index is -2.68. The van der Waals surface area contributed by atoms with Crippen molar-refractivity contribution < 1.29 is 39.5 Å². The maximum atomic E-state index is 14.1. The van der Waals surface area contributed by atoms with Crippen molar-refractivity contribution in [2.75, 3.05) is 21.2 Å². The third kappa shape index (κ3) is 4.59. The number of amides is 1. The molecule has 0 spiro atoms. The molecule has 7 N–H and O–H groups in total. The minimum Gasteiger partial charge on any atom is -0.508 e. The number of methoxy groups -OCH3 is 1. The van der Waals surface area contributed by atoms with Gasteiger partial charge in [0, 0.05) is 29.6 Å². The van der Waals surface area contributed by atoms with Gasteiger partial charge >= 0.3 is 0 Å². The number of primary amides is 1. The second-order valence-electron chi connectivity index (χ2n) is 12.0. The van der Waals surface area contributed by atoms with Crippen molar-refractivity contribution >= 4 is 23.2 Å². The van der Waals surface area contributed by atoms with Crippen LogP contribution in [0.25, 0.3) is 16.9 Å². The van der Waals surface area contributed by atoms with E-state index in [4.69, 9.17) is 10.5 Å². The highest BCUT2D eigenvalue weighted by atomic mass is 16.5. The predicted molar refractivity (Wildman–Crippen MR) is 158 cm³/mol. The Morgan fingerprint density at radius 2 is 1.84 bits per heavy atom. The Kier molecular flexibility index (Phi) is 7.62. The number of ether oxygens (including phenoxy) is 1. The first-order valence-electron chi connectivity index (χ1n) is 14.1. The number of phenols is 1. The van der Waals surface area contributed by atoms with Gasteiger partial charge in [0.25, 0.3) is 5.91 Å². The summed E-state index contributed by atoms with van der Waals surface area (Å²) in [6.45, 7) is 4.70. The Balaban J connectivity index is 1.70. The lowest BCUT2D eigenvalue weighted by molar-refractivity contribution is -0.153. The first-order valence-corrected chi connectivity index (χ1v) is 14.1. The number of phenolic OH excluding ortho intramolecular Hbond substituents is 1. The van der Waals surface area contributed by atoms with Gasteiger partial charge in [0.2, 0.25) is 5.78 Å². The Morgan fingerprint density at radius 3 is 2.44 bits per heavy atom. The number of aromatic hydroxyl groups is 1. The summed E-state index contributed by atoms with van der Waals surface area (Å²) in [5.74, 6) is -6.28. The van der Waals surface area contributed by atoms with E-state index in [2.05, 4.69) is 5.32 Å². The number of nitrogens with zero attached hydrogens (tertiary/aromatic N) is 1. The number of carbonyl (C=O) groups excluding carboxylic acids is 3. The van der Waals surface area contributed by atoms with Gasteiger partial charge in [-0.3, -0.25) is 19.3 Å². The van der Waals surface area contributed by atoms with E-state index in [1.54, 1.807) is 27.3 Å². The summed E-state index contributed by atoms with van der Waals surface area (Å²) in [6.07, 6.45) is 0.187. The summed E-state index contributed by atoms with van der Waals surface area (Å²) < 4.78 is 5.67. The number of Topliss-reactive ketones (excluding diaryl/α,β-unsaturated/α-hetero) is 2. The fourth-order valence-corrected chi connectivity index (χ4v) is 6.89. The second kappa shape index (κ2) is 10.8. The maximum absolute atomic E-state index is 14.1. The monoisotopic (exact) mass is 591 g/mol. The zero-order valence-electron chi connectivity index (χ0n) is 24.8. The van der Waals surface area contributed by atoms with Crippen molar-refractivity contribution in [2.24, 2.45) is 17.6 Å². The van der Waals surface area contributed by atoms with Gasteiger partial charge in [-0.2, -0.15) is 0 Å². The minimum absolute atomic E-state index is 0.0103. The van der Waals surface area contributed by atoms with Crippen LogP contribution in [-0.2, 0) is 27.3 Å². The number of ketones is 2. The fourth-order valence-electron chi connectivity index (χ4n) is 6.89. The zero-order chi connectivity index (χ0) is 31.5. The summed E-state index contributed by atoms with van der Waals surface area (Å²) in [4.78, 5) is 41.1. The van der Waals surface area contributed by atoms with E-state index in [1.165, 1.54) is 11.0 Å². The van der Waals surface area contributed by atoms with E-state index in [9.17, 15) is 34.8 Å². The quantitative estimate of drug-likeness (QED) is 0.261. The molecule has 0 bridgehead atoms. The lowest BCUT2D eigenvalue weighted by Gasteiger charge is -2.50. The molecular formula is C32H37N3O8. The Hall–Kier alpha value is -4.19. The molecule has 1 saturated carbocycles. The molecule has 2 aromatic rings. The molecule has 0 saturated heterocycles. The number of nitrogens with one attached hydrogen (secondary N) is 1. The predicted octanol–water partition coefficient (Wildman–Crippen LogP) is 2.14. The zero-order valence-corrected chi connectivity index (χ0v) is 24.8. The SMILES string of the molecule is COc1ccc(CNC(C)C)cc1-c1ccc(O)c2c1CC1CC3C(N(C)C)C(=O)C(C(N)=O)=C(O)C3(O)C(=O)C1=C2O. The molecule has 3 aliphatic rings. The van der Waals surface area contributed by atoms with Crippen molar-refractivity contribution in [3.63, 3.8) is 0 Å². The third-order valence-electron chi connectivity index (χ3n) is 8.87. The van der Waals surface area contributed by atoms with Crippen molar-refractivity contribution in [1.29, 1.82) is 0 Å². The molecule has 0 heterocycles. The van der Waals surface area contributed by atoms with E-state index in [0.29, 0.717) is 23.4 Å². The van der Waals surface area contributed by atoms with E-state index >= 15 is 0 Å². The topological polar surface area (TPSA) is 183 Å². The summed E-state index contributed by atoms with van der Waals surface area (Å²) in [5, 5.41) is 48.7. The van der Waals surface area contributed by atoms with Crippen molar-refractivity contribution in [2.45, 2.75) is 50.9 Å². The van der Waals surface area contributed by atoms with Crippen LogP contribution in [-0.4, -0.2) is 81.7 Å². The van der Waals surface area contributed by atoms with E-state index in [1.807, 2.05) is 32.0 Å². The lowest BCUT2D eigenvalue weighted by Crippen LogP contribution is -2.65. The van der Waals surface area contributed by atoms with Crippen molar-refractivity contribution in [3.05, 3.63) is 63.9 Å².